The highest BCUT2D eigenvalue weighted by atomic mass is 79.9. The molecule has 3 rings (SSSR count). The molecule has 1 heterocycles. The van der Waals surface area contributed by atoms with Gasteiger partial charge in [-0.2, -0.15) is 0 Å². The van der Waals surface area contributed by atoms with Gasteiger partial charge >= 0.3 is 6.03 Å². The van der Waals surface area contributed by atoms with Gasteiger partial charge in [0.25, 0.3) is 5.91 Å². The standard InChI is InChI=1S/C20H22BrN3O2/c1-14-7-8-17(13-18(14)21)23-20(26)24-11-9-16(10-12-24)22-19(25)15-5-3-2-4-6-15/h2-8,13,16H,9-12H2,1H3,(H,22,25)(H,23,26). The Hall–Kier alpha value is -2.34. The maximum Gasteiger partial charge on any atom is 0.321 e. The Kier molecular flexibility index (Phi) is 5.93. The Morgan fingerprint density at radius 2 is 1.77 bits per heavy atom. The maximum atomic E-state index is 12.4. The smallest absolute Gasteiger partial charge is 0.321 e. The van der Waals surface area contributed by atoms with Gasteiger partial charge in [0.2, 0.25) is 0 Å². The third kappa shape index (κ3) is 4.64. The summed E-state index contributed by atoms with van der Waals surface area (Å²) in [6.07, 6.45) is 1.51. The number of urea groups is 1. The number of halogens is 1. The molecule has 1 fully saturated rings. The highest BCUT2D eigenvalue weighted by molar-refractivity contribution is 9.10. The van der Waals surface area contributed by atoms with Crippen LogP contribution in [0.25, 0.3) is 0 Å². The summed E-state index contributed by atoms with van der Waals surface area (Å²) < 4.78 is 0.970. The van der Waals surface area contributed by atoms with Crippen molar-refractivity contribution in [2.45, 2.75) is 25.8 Å². The summed E-state index contributed by atoms with van der Waals surface area (Å²) in [5, 5.41) is 5.99. The second kappa shape index (κ2) is 8.36. The molecule has 2 N–H and O–H groups in total. The van der Waals surface area contributed by atoms with E-state index in [9.17, 15) is 9.59 Å². The minimum absolute atomic E-state index is 0.0574. The molecule has 0 aliphatic carbocycles. The normalized spacial score (nSPS) is 14.8. The Morgan fingerprint density at radius 1 is 1.08 bits per heavy atom. The third-order valence-corrected chi connectivity index (χ3v) is 5.43. The van der Waals surface area contributed by atoms with Crippen LogP contribution in [0.3, 0.4) is 0 Å². The molecule has 3 amide bonds. The van der Waals surface area contributed by atoms with Gasteiger partial charge in [-0.15, -0.1) is 0 Å². The number of nitrogens with zero attached hydrogens (tertiary/aromatic N) is 1. The van der Waals surface area contributed by atoms with Crippen molar-refractivity contribution in [3.63, 3.8) is 0 Å². The minimum Gasteiger partial charge on any atom is -0.349 e. The highest BCUT2D eigenvalue weighted by Crippen LogP contribution is 2.21. The molecule has 1 aliphatic heterocycles. The first-order valence-corrected chi connectivity index (χ1v) is 9.50. The van der Waals surface area contributed by atoms with Crippen molar-refractivity contribution in [1.29, 1.82) is 0 Å². The van der Waals surface area contributed by atoms with Crippen molar-refractivity contribution in [2.75, 3.05) is 18.4 Å². The summed E-state index contributed by atoms with van der Waals surface area (Å²) in [5.74, 6) is -0.0574. The molecule has 0 atom stereocenters. The zero-order valence-electron chi connectivity index (χ0n) is 14.7. The first-order valence-electron chi connectivity index (χ1n) is 8.71. The van der Waals surface area contributed by atoms with Crippen LogP contribution in [0.2, 0.25) is 0 Å². The lowest BCUT2D eigenvalue weighted by Gasteiger charge is -2.32. The fraction of sp³-hybridized carbons (Fsp3) is 0.300. The van der Waals surface area contributed by atoms with E-state index in [-0.39, 0.29) is 18.0 Å². The average molecular weight is 416 g/mol. The van der Waals surface area contributed by atoms with Gasteiger partial charge in [0.1, 0.15) is 0 Å². The van der Waals surface area contributed by atoms with E-state index in [4.69, 9.17) is 0 Å². The van der Waals surface area contributed by atoms with E-state index in [2.05, 4.69) is 26.6 Å². The van der Waals surface area contributed by atoms with Crippen LogP contribution in [0.1, 0.15) is 28.8 Å². The lowest BCUT2D eigenvalue weighted by Crippen LogP contribution is -2.47. The van der Waals surface area contributed by atoms with Crippen molar-refractivity contribution in [3.8, 4) is 0 Å². The monoisotopic (exact) mass is 415 g/mol. The number of likely N-dealkylation sites (tertiary alicyclic amines) is 1. The number of benzene rings is 2. The number of hydrogen-bond acceptors (Lipinski definition) is 2. The SMILES string of the molecule is Cc1ccc(NC(=O)N2CCC(NC(=O)c3ccccc3)CC2)cc1Br. The molecule has 0 radical (unpaired) electrons. The Bertz CT molecular complexity index is 787. The minimum atomic E-state index is -0.103. The molecule has 0 bridgehead atoms. The van der Waals surface area contributed by atoms with Crippen LogP contribution < -0.4 is 10.6 Å². The number of aryl methyl sites for hydroxylation is 1. The quantitative estimate of drug-likeness (QED) is 0.789. The number of piperidine rings is 1. The van der Waals surface area contributed by atoms with Crippen LogP contribution >= 0.6 is 15.9 Å². The van der Waals surface area contributed by atoms with E-state index in [1.54, 1.807) is 17.0 Å². The summed E-state index contributed by atoms with van der Waals surface area (Å²) >= 11 is 3.48. The zero-order valence-corrected chi connectivity index (χ0v) is 16.3. The number of carbonyl (C=O) groups excluding carboxylic acids is 2. The molecule has 5 nitrogen and oxygen atoms in total. The van der Waals surface area contributed by atoms with Gasteiger partial charge in [-0.1, -0.05) is 40.2 Å². The van der Waals surface area contributed by atoms with Gasteiger partial charge in [0.15, 0.2) is 0 Å². The van der Waals surface area contributed by atoms with E-state index >= 15 is 0 Å². The molecule has 0 saturated carbocycles. The van der Waals surface area contributed by atoms with E-state index < -0.39 is 0 Å². The summed E-state index contributed by atoms with van der Waals surface area (Å²) in [4.78, 5) is 26.4. The van der Waals surface area contributed by atoms with Crippen molar-refractivity contribution in [2.24, 2.45) is 0 Å². The number of carbonyl (C=O) groups is 2. The van der Waals surface area contributed by atoms with E-state index in [1.807, 2.05) is 43.3 Å². The van der Waals surface area contributed by atoms with Crippen molar-refractivity contribution >= 4 is 33.6 Å². The molecule has 2 aromatic carbocycles. The van der Waals surface area contributed by atoms with Gasteiger partial charge in [-0.3, -0.25) is 4.79 Å². The highest BCUT2D eigenvalue weighted by Gasteiger charge is 2.24. The van der Waals surface area contributed by atoms with Crippen LogP contribution in [0, 0.1) is 6.92 Å². The largest absolute Gasteiger partial charge is 0.349 e. The van der Waals surface area contributed by atoms with Crippen LogP contribution in [-0.4, -0.2) is 36.0 Å². The van der Waals surface area contributed by atoms with Crippen molar-refractivity contribution < 1.29 is 9.59 Å². The number of anilines is 1. The fourth-order valence-corrected chi connectivity index (χ4v) is 3.34. The average Bonchev–Trinajstić information content (AvgIpc) is 2.66. The first-order chi connectivity index (χ1) is 12.5. The van der Waals surface area contributed by atoms with Crippen LogP contribution in [0.5, 0.6) is 0 Å². The number of amides is 3. The lowest BCUT2D eigenvalue weighted by molar-refractivity contribution is 0.0919. The van der Waals surface area contributed by atoms with E-state index in [0.717, 1.165) is 28.6 Å². The van der Waals surface area contributed by atoms with Crippen LogP contribution in [0.15, 0.2) is 53.0 Å². The number of rotatable bonds is 3. The molecule has 6 heteroatoms. The Labute approximate surface area is 161 Å². The number of hydrogen-bond donors (Lipinski definition) is 2. The molecule has 0 aromatic heterocycles. The molecule has 2 aromatic rings. The number of nitrogens with one attached hydrogen (secondary N) is 2. The topological polar surface area (TPSA) is 61.4 Å². The molecule has 26 heavy (non-hydrogen) atoms. The van der Waals surface area contributed by atoms with Gasteiger partial charge < -0.3 is 15.5 Å². The first kappa shape index (κ1) is 18.5. The zero-order chi connectivity index (χ0) is 18.5. The summed E-state index contributed by atoms with van der Waals surface area (Å²) in [6, 6.07) is 15.0. The van der Waals surface area contributed by atoms with Gasteiger partial charge in [0.05, 0.1) is 0 Å². The van der Waals surface area contributed by atoms with Gasteiger partial charge in [0, 0.05) is 34.9 Å². The molecule has 1 aliphatic rings. The van der Waals surface area contributed by atoms with Gasteiger partial charge in [-0.25, -0.2) is 4.79 Å². The molecule has 0 spiro atoms. The maximum absolute atomic E-state index is 12.4. The van der Waals surface area contributed by atoms with Crippen molar-refractivity contribution in [1.82, 2.24) is 10.2 Å². The second-order valence-corrected chi connectivity index (χ2v) is 7.35. The predicted octanol–water partition coefficient (Wildman–Crippen LogP) is 4.18. The Morgan fingerprint density at radius 3 is 2.42 bits per heavy atom. The van der Waals surface area contributed by atoms with Crippen LogP contribution in [0.4, 0.5) is 10.5 Å². The van der Waals surface area contributed by atoms with Gasteiger partial charge in [-0.05, 0) is 49.6 Å². The molecular formula is C20H22BrN3O2. The summed E-state index contributed by atoms with van der Waals surface area (Å²) in [5.41, 5.74) is 2.56. The molecule has 0 unspecified atom stereocenters. The molecule has 136 valence electrons. The third-order valence-electron chi connectivity index (χ3n) is 4.58. The second-order valence-electron chi connectivity index (χ2n) is 6.49. The molecule has 1 saturated heterocycles. The van der Waals surface area contributed by atoms with E-state index in [0.29, 0.717) is 18.7 Å². The lowest BCUT2D eigenvalue weighted by atomic mass is 10.0. The summed E-state index contributed by atoms with van der Waals surface area (Å²) in [6.45, 7) is 3.25. The molecular weight excluding hydrogens is 394 g/mol. The van der Waals surface area contributed by atoms with Crippen LogP contribution in [-0.2, 0) is 0 Å². The predicted molar refractivity (Wildman–Crippen MR) is 106 cm³/mol. The van der Waals surface area contributed by atoms with Crippen molar-refractivity contribution in [3.05, 3.63) is 64.1 Å². The summed E-state index contributed by atoms with van der Waals surface area (Å²) in [7, 11) is 0. The van der Waals surface area contributed by atoms with E-state index in [1.165, 1.54) is 0 Å². The Balaban J connectivity index is 1.49. The fourth-order valence-electron chi connectivity index (χ4n) is 2.96.